The van der Waals surface area contributed by atoms with E-state index in [1.807, 2.05) is 49.4 Å². The van der Waals surface area contributed by atoms with Crippen LogP contribution < -0.4 is 0 Å². The molecular weight excluding hydrogens is 379 g/mol. The summed E-state index contributed by atoms with van der Waals surface area (Å²) in [7, 11) is 0. The van der Waals surface area contributed by atoms with Gasteiger partial charge in [-0.05, 0) is 54.8 Å². The number of hydrogen-bond donors (Lipinski definition) is 0. The van der Waals surface area contributed by atoms with Crippen LogP contribution in [-0.2, 0) is 0 Å². The van der Waals surface area contributed by atoms with Crippen molar-refractivity contribution >= 4 is 40.0 Å². The van der Waals surface area contributed by atoms with Crippen molar-refractivity contribution in [2.45, 2.75) is 6.92 Å². The van der Waals surface area contributed by atoms with Crippen LogP contribution in [-0.4, -0.2) is 5.78 Å². The van der Waals surface area contributed by atoms with Gasteiger partial charge in [0.1, 0.15) is 5.58 Å². The lowest BCUT2D eigenvalue weighted by Crippen LogP contribution is -2.02. The van der Waals surface area contributed by atoms with Gasteiger partial charge in [0.15, 0.2) is 5.76 Å². The molecule has 133 valence electrons. The summed E-state index contributed by atoms with van der Waals surface area (Å²) in [5.41, 5.74) is 4.81. The molecule has 1 heterocycles. The Labute approximate surface area is 167 Å². The van der Waals surface area contributed by atoms with Crippen LogP contribution in [0.3, 0.4) is 0 Å². The maximum atomic E-state index is 12.9. The molecule has 2 nitrogen and oxygen atoms in total. The van der Waals surface area contributed by atoms with Gasteiger partial charge in [-0.1, -0.05) is 59.6 Å². The Morgan fingerprint density at radius 1 is 0.963 bits per heavy atom. The van der Waals surface area contributed by atoms with Gasteiger partial charge in [-0.15, -0.1) is 0 Å². The van der Waals surface area contributed by atoms with Gasteiger partial charge >= 0.3 is 0 Å². The molecule has 0 aliphatic heterocycles. The van der Waals surface area contributed by atoms with Gasteiger partial charge in [0.2, 0.25) is 5.78 Å². The second-order valence-corrected chi connectivity index (χ2v) is 7.26. The van der Waals surface area contributed by atoms with Crippen LogP contribution in [0.2, 0.25) is 10.0 Å². The summed E-state index contributed by atoms with van der Waals surface area (Å²) in [5.74, 6) is 0.0314. The van der Waals surface area contributed by atoms with Gasteiger partial charge in [-0.2, -0.15) is 0 Å². The fourth-order valence-electron chi connectivity index (χ4n) is 3.17. The van der Waals surface area contributed by atoms with Gasteiger partial charge < -0.3 is 4.42 Å². The Morgan fingerprint density at radius 2 is 1.74 bits per heavy atom. The smallest absolute Gasteiger partial charge is 0.229 e. The molecule has 0 unspecified atom stereocenters. The SMILES string of the molecule is [CH2]c1cccc(-c2ccc3c(C)c(C(=O)c4ccc(Cl)cc4Cl)oc3c2)c1. The van der Waals surface area contributed by atoms with Crippen LogP contribution in [0.1, 0.15) is 27.2 Å². The first kappa shape index (κ1) is 17.8. The van der Waals surface area contributed by atoms with Crippen LogP contribution >= 0.6 is 23.2 Å². The average molecular weight is 394 g/mol. The van der Waals surface area contributed by atoms with E-state index >= 15 is 0 Å². The number of carbonyl (C=O) groups excluding carboxylic acids is 1. The molecule has 1 radical (unpaired) electrons. The largest absolute Gasteiger partial charge is 0.452 e. The van der Waals surface area contributed by atoms with Crippen molar-refractivity contribution in [2.24, 2.45) is 0 Å². The molecule has 4 rings (SSSR count). The standard InChI is InChI=1S/C23H15Cl2O2/c1-13-4-3-5-15(10-13)16-6-8-18-14(2)23(27-21(18)11-16)22(26)19-9-7-17(24)12-20(19)25/h3-12H,1H2,2H3. The molecule has 3 aromatic carbocycles. The summed E-state index contributed by atoms with van der Waals surface area (Å²) in [6.07, 6.45) is 0. The highest BCUT2D eigenvalue weighted by Gasteiger charge is 2.21. The number of aryl methyl sites for hydroxylation is 1. The summed E-state index contributed by atoms with van der Waals surface area (Å²) in [4.78, 5) is 12.9. The Hall–Kier alpha value is -2.55. The first-order valence-corrected chi connectivity index (χ1v) is 9.15. The molecule has 0 N–H and O–H groups in total. The zero-order chi connectivity index (χ0) is 19.1. The Bertz CT molecular complexity index is 1190. The lowest BCUT2D eigenvalue weighted by Gasteiger charge is -2.02. The average Bonchev–Trinajstić information content (AvgIpc) is 2.97. The number of ketones is 1. The van der Waals surface area contributed by atoms with Crippen LogP contribution in [0.15, 0.2) is 65.1 Å². The third kappa shape index (κ3) is 3.27. The number of benzene rings is 3. The summed E-state index contributed by atoms with van der Waals surface area (Å²) in [6.45, 7) is 5.84. The molecule has 0 saturated carbocycles. The first-order chi connectivity index (χ1) is 12.9. The molecule has 0 spiro atoms. The minimum Gasteiger partial charge on any atom is -0.452 e. The number of rotatable bonds is 3. The third-order valence-corrected chi connectivity index (χ3v) is 5.13. The molecule has 0 bridgehead atoms. The van der Waals surface area contributed by atoms with Crippen LogP contribution in [0.5, 0.6) is 0 Å². The highest BCUT2D eigenvalue weighted by atomic mass is 35.5. The van der Waals surface area contributed by atoms with Crippen molar-refractivity contribution in [1.82, 2.24) is 0 Å². The van der Waals surface area contributed by atoms with E-state index in [0.717, 1.165) is 27.6 Å². The Kier molecular flexibility index (Phi) is 4.55. The lowest BCUT2D eigenvalue weighted by molar-refractivity contribution is 0.101. The van der Waals surface area contributed by atoms with Crippen molar-refractivity contribution in [2.75, 3.05) is 0 Å². The fraction of sp³-hybridized carbons (Fsp3) is 0.0435. The predicted molar refractivity (Wildman–Crippen MR) is 111 cm³/mol. The van der Waals surface area contributed by atoms with Gasteiger partial charge in [-0.3, -0.25) is 4.79 Å². The van der Waals surface area contributed by atoms with E-state index in [2.05, 4.69) is 6.92 Å². The molecular formula is C23H15Cl2O2. The van der Waals surface area contributed by atoms with E-state index in [1.165, 1.54) is 0 Å². The molecule has 4 aromatic rings. The molecule has 0 aliphatic carbocycles. The molecule has 0 saturated heterocycles. The van der Waals surface area contributed by atoms with Crippen LogP contribution in [0.4, 0.5) is 0 Å². The van der Waals surface area contributed by atoms with E-state index in [1.54, 1.807) is 18.2 Å². The van der Waals surface area contributed by atoms with E-state index in [0.29, 0.717) is 21.2 Å². The minimum absolute atomic E-state index is 0.258. The van der Waals surface area contributed by atoms with Gasteiger partial charge in [0, 0.05) is 21.5 Å². The molecule has 0 aliphatic rings. The topological polar surface area (TPSA) is 30.2 Å². The van der Waals surface area contributed by atoms with Crippen LogP contribution in [0, 0.1) is 13.8 Å². The fourth-order valence-corrected chi connectivity index (χ4v) is 3.66. The zero-order valence-corrected chi connectivity index (χ0v) is 16.1. The van der Waals surface area contributed by atoms with Gasteiger partial charge in [0.25, 0.3) is 0 Å². The third-order valence-electron chi connectivity index (χ3n) is 4.58. The van der Waals surface area contributed by atoms with Gasteiger partial charge in [-0.25, -0.2) is 0 Å². The number of carbonyl (C=O) groups is 1. The Morgan fingerprint density at radius 3 is 2.48 bits per heavy atom. The minimum atomic E-state index is -0.258. The summed E-state index contributed by atoms with van der Waals surface area (Å²) >= 11 is 12.1. The van der Waals surface area contributed by atoms with Crippen molar-refractivity contribution in [1.29, 1.82) is 0 Å². The monoisotopic (exact) mass is 393 g/mol. The molecule has 0 atom stereocenters. The van der Waals surface area contributed by atoms with E-state index in [-0.39, 0.29) is 11.5 Å². The lowest BCUT2D eigenvalue weighted by atomic mass is 10.0. The quantitative estimate of drug-likeness (QED) is 0.346. The van der Waals surface area contributed by atoms with E-state index < -0.39 is 0 Å². The van der Waals surface area contributed by atoms with E-state index in [4.69, 9.17) is 27.6 Å². The summed E-state index contributed by atoms with van der Waals surface area (Å²) in [5, 5.41) is 1.69. The highest BCUT2D eigenvalue weighted by molar-refractivity contribution is 6.37. The molecule has 27 heavy (non-hydrogen) atoms. The van der Waals surface area contributed by atoms with Crippen molar-refractivity contribution < 1.29 is 9.21 Å². The highest BCUT2D eigenvalue weighted by Crippen LogP contribution is 2.32. The molecule has 0 amide bonds. The van der Waals surface area contributed by atoms with Crippen molar-refractivity contribution in [3.8, 4) is 11.1 Å². The Balaban J connectivity index is 1.81. The number of fused-ring (bicyclic) bond motifs is 1. The number of furan rings is 1. The normalized spacial score (nSPS) is 11.1. The van der Waals surface area contributed by atoms with Crippen molar-refractivity contribution in [3.05, 3.63) is 100 Å². The maximum Gasteiger partial charge on any atom is 0.229 e. The summed E-state index contributed by atoms with van der Waals surface area (Å²) in [6, 6.07) is 18.7. The maximum absolute atomic E-state index is 12.9. The summed E-state index contributed by atoms with van der Waals surface area (Å²) < 4.78 is 5.94. The number of hydrogen-bond acceptors (Lipinski definition) is 2. The predicted octanol–water partition coefficient (Wildman–Crippen LogP) is 7.13. The zero-order valence-electron chi connectivity index (χ0n) is 14.6. The van der Waals surface area contributed by atoms with E-state index in [9.17, 15) is 4.79 Å². The van der Waals surface area contributed by atoms with Gasteiger partial charge in [0.05, 0.1) is 5.02 Å². The first-order valence-electron chi connectivity index (χ1n) is 8.39. The second kappa shape index (κ2) is 6.88. The van der Waals surface area contributed by atoms with Crippen LogP contribution in [0.25, 0.3) is 22.1 Å². The molecule has 4 heteroatoms. The second-order valence-electron chi connectivity index (χ2n) is 6.42. The van der Waals surface area contributed by atoms with Crippen molar-refractivity contribution in [3.63, 3.8) is 0 Å². The number of halogens is 2. The molecule has 1 aromatic heterocycles. The molecule has 0 fully saturated rings.